The van der Waals surface area contributed by atoms with Crippen LogP contribution in [0.3, 0.4) is 0 Å². The molecule has 108 valence electrons. The second-order valence-electron chi connectivity index (χ2n) is 4.80. The first-order chi connectivity index (χ1) is 9.08. The molecule has 1 aromatic rings. The van der Waals surface area contributed by atoms with Crippen molar-refractivity contribution in [3.8, 4) is 5.75 Å². The minimum atomic E-state index is 0.0926. The van der Waals surface area contributed by atoms with Gasteiger partial charge in [0, 0.05) is 36.8 Å². The lowest BCUT2D eigenvalue weighted by Crippen LogP contribution is -2.23. The Balaban J connectivity index is 2.78. The molecule has 2 unspecified atom stereocenters. The normalized spacial score (nSPS) is 14.2. The van der Waals surface area contributed by atoms with Gasteiger partial charge in [-0.25, -0.2) is 0 Å². The maximum atomic E-state index is 6.26. The lowest BCUT2D eigenvalue weighted by molar-refractivity contribution is 0.134. The number of rotatable bonds is 8. The van der Waals surface area contributed by atoms with Crippen LogP contribution < -0.4 is 10.5 Å². The molecule has 1 rings (SSSR count). The summed E-state index contributed by atoms with van der Waals surface area (Å²) in [6.07, 6.45) is 2.60. The van der Waals surface area contributed by atoms with Gasteiger partial charge >= 0.3 is 0 Å². The van der Waals surface area contributed by atoms with Crippen molar-refractivity contribution < 1.29 is 9.47 Å². The Hall–Kier alpha value is -0.770. The molecule has 2 N–H and O–H groups in total. The lowest BCUT2D eigenvalue weighted by atomic mass is 10.0. The molecular weight excluding hydrogens is 262 g/mol. The van der Waals surface area contributed by atoms with Crippen molar-refractivity contribution in [3.63, 3.8) is 0 Å². The van der Waals surface area contributed by atoms with Gasteiger partial charge in [0.25, 0.3) is 0 Å². The van der Waals surface area contributed by atoms with Crippen LogP contribution in [-0.4, -0.2) is 25.9 Å². The minimum absolute atomic E-state index is 0.0926. The average molecular weight is 286 g/mol. The monoisotopic (exact) mass is 285 g/mol. The predicted octanol–water partition coefficient (Wildman–Crippen LogP) is 3.42. The molecule has 0 radical (unpaired) electrons. The van der Waals surface area contributed by atoms with Gasteiger partial charge < -0.3 is 15.2 Å². The number of methoxy groups -OCH3 is 1. The summed E-state index contributed by atoms with van der Waals surface area (Å²) in [5.41, 5.74) is 7.02. The summed E-state index contributed by atoms with van der Waals surface area (Å²) in [5.74, 6) is 0.833. The molecule has 1 aromatic carbocycles. The van der Waals surface area contributed by atoms with Crippen molar-refractivity contribution in [1.29, 1.82) is 0 Å². The molecule has 4 heteroatoms. The highest BCUT2D eigenvalue weighted by atomic mass is 35.5. The van der Waals surface area contributed by atoms with E-state index in [4.69, 9.17) is 26.8 Å². The number of hydrogen-bond donors (Lipinski definition) is 1. The van der Waals surface area contributed by atoms with E-state index in [0.29, 0.717) is 6.61 Å². The van der Waals surface area contributed by atoms with Crippen molar-refractivity contribution in [2.75, 3.05) is 13.7 Å². The third-order valence-electron chi connectivity index (χ3n) is 3.12. The topological polar surface area (TPSA) is 44.5 Å². The maximum Gasteiger partial charge on any atom is 0.124 e. The zero-order chi connectivity index (χ0) is 14.3. The van der Waals surface area contributed by atoms with Crippen LogP contribution >= 0.6 is 11.6 Å². The highest BCUT2D eigenvalue weighted by molar-refractivity contribution is 6.31. The molecule has 0 fully saturated rings. The molecule has 0 aromatic heterocycles. The van der Waals surface area contributed by atoms with Gasteiger partial charge in [0.2, 0.25) is 0 Å². The van der Waals surface area contributed by atoms with Crippen molar-refractivity contribution in [2.24, 2.45) is 5.73 Å². The molecule has 0 saturated heterocycles. The lowest BCUT2D eigenvalue weighted by Gasteiger charge is -2.19. The number of ether oxygens (including phenoxy) is 2. The molecular formula is C15H24ClNO2. The largest absolute Gasteiger partial charge is 0.490 e. The fraction of sp³-hybridized carbons (Fsp3) is 0.600. The maximum absolute atomic E-state index is 6.26. The second-order valence-corrected chi connectivity index (χ2v) is 5.21. The van der Waals surface area contributed by atoms with Gasteiger partial charge in [-0.15, -0.1) is 0 Å². The molecule has 3 nitrogen and oxygen atoms in total. The van der Waals surface area contributed by atoms with E-state index in [-0.39, 0.29) is 12.1 Å². The Kier molecular flexibility index (Phi) is 7.21. The minimum Gasteiger partial charge on any atom is -0.490 e. The fourth-order valence-electron chi connectivity index (χ4n) is 1.81. The molecule has 0 bridgehead atoms. The van der Waals surface area contributed by atoms with Gasteiger partial charge in [0.1, 0.15) is 5.75 Å². The predicted molar refractivity (Wildman–Crippen MR) is 80.0 cm³/mol. The van der Waals surface area contributed by atoms with Gasteiger partial charge in [0.05, 0.1) is 6.10 Å². The first-order valence-electron chi connectivity index (χ1n) is 6.77. The van der Waals surface area contributed by atoms with Gasteiger partial charge in [-0.3, -0.25) is 0 Å². The number of nitrogens with two attached hydrogens (primary N) is 1. The first kappa shape index (κ1) is 16.3. The van der Waals surface area contributed by atoms with Gasteiger partial charge in [0.15, 0.2) is 0 Å². The number of halogens is 1. The number of benzene rings is 1. The summed E-state index contributed by atoms with van der Waals surface area (Å²) >= 11 is 6.26. The van der Waals surface area contributed by atoms with Crippen molar-refractivity contribution in [2.45, 2.75) is 45.3 Å². The van der Waals surface area contributed by atoms with Crippen molar-refractivity contribution in [3.05, 3.63) is 28.8 Å². The highest BCUT2D eigenvalue weighted by Crippen LogP contribution is 2.29. The Morgan fingerprint density at radius 2 is 2.11 bits per heavy atom. The van der Waals surface area contributed by atoms with Crippen LogP contribution in [0.5, 0.6) is 5.75 Å². The van der Waals surface area contributed by atoms with Crippen LogP contribution in [0.1, 0.15) is 32.3 Å². The van der Waals surface area contributed by atoms with Crippen LogP contribution in [0.15, 0.2) is 18.2 Å². The smallest absolute Gasteiger partial charge is 0.124 e. The Morgan fingerprint density at radius 3 is 2.74 bits per heavy atom. The van der Waals surface area contributed by atoms with Crippen LogP contribution in [0.4, 0.5) is 0 Å². The van der Waals surface area contributed by atoms with E-state index in [0.717, 1.165) is 35.6 Å². The Morgan fingerprint density at radius 1 is 1.37 bits per heavy atom. The molecule has 19 heavy (non-hydrogen) atoms. The van der Waals surface area contributed by atoms with Crippen LogP contribution in [0.2, 0.25) is 5.02 Å². The summed E-state index contributed by atoms with van der Waals surface area (Å²) in [6, 6.07) is 5.84. The molecule has 0 amide bonds. The van der Waals surface area contributed by atoms with E-state index < -0.39 is 0 Å². The molecule has 0 saturated carbocycles. The van der Waals surface area contributed by atoms with Crippen molar-refractivity contribution >= 4 is 11.6 Å². The quantitative estimate of drug-likeness (QED) is 0.796. The van der Waals surface area contributed by atoms with Crippen molar-refractivity contribution in [1.82, 2.24) is 0 Å². The highest BCUT2D eigenvalue weighted by Gasteiger charge is 2.14. The number of hydrogen-bond acceptors (Lipinski definition) is 3. The van der Waals surface area contributed by atoms with Crippen LogP contribution in [0.25, 0.3) is 0 Å². The Bertz CT molecular complexity index is 384. The zero-order valence-electron chi connectivity index (χ0n) is 12.0. The molecule has 2 atom stereocenters. The summed E-state index contributed by atoms with van der Waals surface area (Å²) in [4.78, 5) is 0. The standard InChI is InChI=1S/C15H24ClNO2/c1-4-12(17)10-13-14(16)6-5-7-15(13)19-11(2)8-9-18-3/h5-7,11-12H,4,8-10,17H2,1-3H3. The Labute approximate surface area is 121 Å². The van der Waals surface area contributed by atoms with Gasteiger partial charge in [-0.1, -0.05) is 24.6 Å². The fourth-order valence-corrected chi connectivity index (χ4v) is 2.06. The van der Waals surface area contributed by atoms with E-state index in [1.54, 1.807) is 7.11 Å². The van der Waals surface area contributed by atoms with E-state index in [9.17, 15) is 0 Å². The van der Waals surface area contributed by atoms with Crippen LogP contribution in [0, 0.1) is 0 Å². The molecule has 0 aliphatic rings. The third kappa shape index (κ3) is 5.39. The first-order valence-corrected chi connectivity index (χ1v) is 7.14. The third-order valence-corrected chi connectivity index (χ3v) is 3.48. The summed E-state index contributed by atoms with van der Waals surface area (Å²) in [7, 11) is 1.69. The van der Waals surface area contributed by atoms with E-state index in [2.05, 4.69) is 6.92 Å². The van der Waals surface area contributed by atoms with Gasteiger partial charge in [-0.2, -0.15) is 0 Å². The van der Waals surface area contributed by atoms with E-state index >= 15 is 0 Å². The van der Waals surface area contributed by atoms with E-state index in [1.165, 1.54) is 0 Å². The molecule has 0 aliphatic carbocycles. The summed E-state index contributed by atoms with van der Waals surface area (Å²) in [5, 5.41) is 0.723. The SMILES string of the molecule is CCC(N)Cc1c(Cl)cccc1OC(C)CCOC. The summed E-state index contributed by atoms with van der Waals surface area (Å²) in [6.45, 7) is 4.79. The zero-order valence-corrected chi connectivity index (χ0v) is 12.7. The average Bonchev–Trinajstić information content (AvgIpc) is 2.40. The summed E-state index contributed by atoms with van der Waals surface area (Å²) < 4.78 is 11.0. The second kappa shape index (κ2) is 8.41. The van der Waals surface area contributed by atoms with E-state index in [1.807, 2.05) is 25.1 Å². The molecule has 0 spiro atoms. The van der Waals surface area contributed by atoms with Gasteiger partial charge in [-0.05, 0) is 31.9 Å². The van der Waals surface area contributed by atoms with Crippen LogP contribution in [-0.2, 0) is 11.2 Å². The molecule has 0 heterocycles. The molecule has 0 aliphatic heterocycles.